The van der Waals surface area contributed by atoms with Gasteiger partial charge in [0.15, 0.2) is 11.5 Å². The van der Waals surface area contributed by atoms with Crippen LogP contribution < -0.4 is 10.1 Å². The Labute approximate surface area is 145 Å². The van der Waals surface area contributed by atoms with Crippen LogP contribution in [-0.2, 0) is 17.8 Å². The quantitative estimate of drug-likeness (QED) is 0.682. The number of carboxylic acids is 1. The SMILES string of the molecule is CCOc1cc(CN[C@@H](Cc2ccccc2)C(=O)O)cc(Cl)c1O. The van der Waals surface area contributed by atoms with Gasteiger partial charge in [-0.15, -0.1) is 0 Å². The van der Waals surface area contributed by atoms with Gasteiger partial charge < -0.3 is 20.3 Å². The lowest BCUT2D eigenvalue weighted by atomic mass is 10.1. The molecule has 0 spiro atoms. The fourth-order valence-electron chi connectivity index (χ4n) is 2.33. The van der Waals surface area contributed by atoms with E-state index in [4.69, 9.17) is 16.3 Å². The summed E-state index contributed by atoms with van der Waals surface area (Å²) < 4.78 is 5.33. The van der Waals surface area contributed by atoms with Crippen molar-refractivity contribution in [2.45, 2.75) is 25.9 Å². The zero-order valence-corrected chi connectivity index (χ0v) is 14.1. The molecule has 128 valence electrons. The van der Waals surface area contributed by atoms with E-state index in [2.05, 4.69) is 5.32 Å². The summed E-state index contributed by atoms with van der Waals surface area (Å²) in [7, 11) is 0. The Bertz CT molecular complexity index is 691. The van der Waals surface area contributed by atoms with E-state index in [9.17, 15) is 15.0 Å². The second-order valence-electron chi connectivity index (χ2n) is 5.32. The number of phenolic OH excluding ortho intramolecular Hbond substituents is 1. The van der Waals surface area contributed by atoms with Gasteiger partial charge in [-0.05, 0) is 36.6 Å². The molecular weight excluding hydrogens is 330 g/mol. The topological polar surface area (TPSA) is 78.8 Å². The first-order valence-electron chi connectivity index (χ1n) is 7.65. The first-order chi connectivity index (χ1) is 11.5. The predicted octanol–water partition coefficient (Wildman–Crippen LogP) is 3.23. The number of hydrogen-bond donors (Lipinski definition) is 3. The monoisotopic (exact) mass is 349 g/mol. The normalized spacial score (nSPS) is 11.9. The number of halogens is 1. The van der Waals surface area contributed by atoms with Gasteiger partial charge in [-0.3, -0.25) is 4.79 Å². The molecule has 3 N–H and O–H groups in total. The predicted molar refractivity (Wildman–Crippen MR) is 92.7 cm³/mol. The van der Waals surface area contributed by atoms with Crippen molar-refractivity contribution in [3.05, 3.63) is 58.6 Å². The first kappa shape index (κ1) is 18.1. The number of aromatic hydroxyl groups is 1. The Morgan fingerprint density at radius 1 is 1.25 bits per heavy atom. The summed E-state index contributed by atoms with van der Waals surface area (Å²) in [5, 5.41) is 22.4. The van der Waals surface area contributed by atoms with Crippen LogP contribution in [0.25, 0.3) is 0 Å². The second-order valence-corrected chi connectivity index (χ2v) is 5.73. The van der Waals surface area contributed by atoms with Crippen LogP contribution in [0.4, 0.5) is 0 Å². The second kappa shape index (κ2) is 8.57. The number of carbonyl (C=O) groups is 1. The standard InChI is InChI=1S/C18H20ClNO4/c1-2-24-16-10-13(8-14(19)17(16)21)11-20-15(18(22)23)9-12-6-4-3-5-7-12/h3-8,10,15,20-21H,2,9,11H2,1H3,(H,22,23)/t15-/m0/s1. The molecular formula is C18H20ClNO4. The minimum Gasteiger partial charge on any atom is -0.503 e. The van der Waals surface area contributed by atoms with E-state index in [1.807, 2.05) is 30.3 Å². The van der Waals surface area contributed by atoms with E-state index in [1.165, 1.54) is 0 Å². The summed E-state index contributed by atoms with van der Waals surface area (Å²) in [5.74, 6) is -0.744. The average Bonchev–Trinajstić information content (AvgIpc) is 2.56. The highest BCUT2D eigenvalue weighted by Gasteiger charge is 2.18. The largest absolute Gasteiger partial charge is 0.503 e. The van der Waals surface area contributed by atoms with Gasteiger partial charge in [0, 0.05) is 6.54 Å². The smallest absolute Gasteiger partial charge is 0.321 e. The molecule has 1 atom stereocenters. The van der Waals surface area contributed by atoms with Gasteiger partial charge in [0.25, 0.3) is 0 Å². The van der Waals surface area contributed by atoms with Crippen LogP contribution in [0.5, 0.6) is 11.5 Å². The van der Waals surface area contributed by atoms with E-state index >= 15 is 0 Å². The lowest BCUT2D eigenvalue weighted by Gasteiger charge is -2.16. The van der Waals surface area contributed by atoms with Crippen molar-refractivity contribution >= 4 is 17.6 Å². The first-order valence-corrected chi connectivity index (χ1v) is 8.03. The number of rotatable bonds is 8. The van der Waals surface area contributed by atoms with Crippen LogP contribution in [0.2, 0.25) is 5.02 Å². The van der Waals surface area contributed by atoms with Gasteiger partial charge in [0.1, 0.15) is 6.04 Å². The third-order valence-corrected chi connectivity index (χ3v) is 3.81. The highest BCUT2D eigenvalue weighted by atomic mass is 35.5. The Hall–Kier alpha value is -2.24. The van der Waals surface area contributed by atoms with Gasteiger partial charge >= 0.3 is 5.97 Å². The molecule has 0 unspecified atom stereocenters. The molecule has 2 rings (SSSR count). The molecule has 6 heteroatoms. The number of ether oxygens (including phenoxy) is 1. The molecule has 0 fully saturated rings. The number of hydrogen-bond acceptors (Lipinski definition) is 4. The van der Waals surface area contributed by atoms with Crippen molar-refractivity contribution in [3.8, 4) is 11.5 Å². The van der Waals surface area contributed by atoms with Gasteiger partial charge in [0.2, 0.25) is 0 Å². The van der Waals surface area contributed by atoms with Gasteiger partial charge in [-0.2, -0.15) is 0 Å². The van der Waals surface area contributed by atoms with Crippen molar-refractivity contribution < 1.29 is 19.7 Å². The molecule has 0 aliphatic rings. The van der Waals surface area contributed by atoms with Crippen molar-refractivity contribution in [3.63, 3.8) is 0 Å². The summed E-state index contributed by atoms with van der Waals surface area (Å²) in [4.78, 5) is 11.5. The van der Waals surface area contributed by atoms with E-state index < -0.39 is 12.0 Å². The molecule has 5 nitrogen and oxygen atoms in total. The third kappa shape index (κ3) is 4.88. The van der Waals surface area contributed by atoms with Crippen LogP contribution in [0, 0.1) is 0 Å². The van der Waals surface area contributed by atoms with E-state index in [-0.39, 0.29) is 16.5 Å². The Balaban J connectivity index is 2.08. The van der Waals surface area contributed by atoms with Crippen molar-refractivity contribution in [1.82, 2.24) is 5.32 Å². The molecule has 2 aromatic rings. The van der Waals surface area contributed by atoms with Gasteiger partial charge in [-0.25, -0.2) is 0 Å². The van der Waals surface area contributed by atoms with Crippen LogP contribution >= 0.6 is 11.6 Å². The number of nitrogens with one attached hydrogen (secondary N) is 1. The van der Waals surface area contributed by atoms with Crippen LogP contribution in [0.3, 0.4) is 0 Å². The maximum atomic E-state index is 11.5. The number of benzene rings is 2. The molecule has 0 saturated carbocycles. The Morgan fingerprint density at radius 2 is 1.96 bits per heavy atom. The molecule has 24 heavy (non-hydrogen) atoms. The lowest BCUT2D eigenvalue weighted by Crippen LogP contribution is -2.38. The summed E-state index contributed by atoms with van der Waals surface area (Å²) in [5.41, 5.74) is 1.68. The van der Waals surface area contributed by atoms with Gasteiger partial charge in [-0.1, -0.05) is 41.9 Å². The molecule has 0 aliphatic heterocycles. The van der Waals surface area contributed by atoms with Crippen LogP contribution in [-0.4, -0.2) is 28.8 Å². The minimum atomic E-state index is -0.922. The lowest BCUT2D eigenvalue weighted by molar-refractivity contribution is -0.139. The fourth-order valence-corrected chi connectivity index (χ4v) is 2.57. The highest BCUT2D eigenvalue weighted by molar-refractivity contribution is 6.32. The van der Waals surface area contributed by atoms with Crippen molar-refractivity contribution in [1.29, 1.82) is 0 Å². The van der Waals surface area contributed by atoms with Crippen molar-refractivity contribution in [2.75, 3.05) is 6.61 Å². The number of carboxylic acid groups (broad SMARTS) is 1. The van der Waals surface area contributed by atoms with Crippen LogP contribution in [0.1, 0.15) is 18.1 Å². The zero-order chi connectivity index (χ0) is 17.5. The third-order valence-electron chi connectivity index (χ3n) is 3.52. The van der Waals surface area contributed by atoms with Crippen molar-refractivity contribution in [2.24, 2.45) is 0 Å². The Kier molecular flexibility index (Phi) is 6.46. The maximum Gasteiger partial charge on any atom is 0.321 e. The summed E-state index contributed by atoms with van der Waals surface area (Å²) >= 11 is 5.99. The zero-order valence-electron chi connectivity index (χ0n) is 13.3. The Morgan fingerprint density at radius 3 is 2.58 bits per heavy atom. The molecule has 2 aromatic carbocycles. The minimum absolute atomic E-state index is 0.110. The summed E-state index contributed by atoms with van der Waals surface area (Å²) in [6.45, 7) is 2.50. The highest BCUT2D eigenvalue weighted by Crippen LogP contribution is 2.35. The fraction of sp³-hybridized carbons (Fsp3) is 0.278. The number of phenols is 1. The molecule has 0 saturated heterocycles. The average molecular weight is 350 g/mol. The van der Waals surface area contributed by atoms with E-state index in [1.54, 1.807) is 19.1 Å². The number of aliphatic carboxylic acids is 1. The molecule has 0 radical (unpaired) electrons. The molecule has 0 aromatic heterocycles. The molecule has 0 bridgehead atoms. The molecule has 0 heterocycles. The van der Waals surface area contributed by atoms with Gasteiger partial charge in [0.05, 0.1) is 11.6 Å². The molecule has 0 aliphatic carbocycles. The van der Waals surface area contributed by atoms with E-state index in [0.29, 0.717) is 19.6 Å². The van der Waals surface area contributed by atoms with Crippen LogP contribution in [0.15, 0.2) is 42.5 Å². The maximum absolute atomic E-state index is 11.5. The summed E-state index contributed by atoms with van der Waals surface area (Å²) in [6, 6.07) is 11.9. The van der Waals surface area contributed by atoms with E-state index in [0.717, 1.165) is 11.1 Å². The summed E-state index contributed by atoms with van der Waals surface area (Å²) in [6.07, 6.45) is 0.375. The molecule has 0 amide bonds.